The first-order valence-corrected chi connectivity index (χ1v) is 7.20. The minimum absolute atomic E-state index is 0.0891. The van der Waals surface area contributed by atoms with Crippen molar-refractivity contribution in [1.29, 1.82) is 0 Å². The van der Waals surface area contributed by atoms with Gasteiger partial charge in [-0.05, 0) is 12.1 Å². The van der Waals surface area contributed by atoms with Crippen LogP contribution in [0.5, 0.6) is 5.88 Å². The molecule has 13 heteroatoms. The van der Waals surface area contributed by atoms with Crippen molar-refractivity contribution in [1.82, 2.24) is 29.8 Å². The highest BCUT2D eigenvalue weighted by Gasteiger charge is 2.34. The van der Waals surface area contributed by atoms with Crippen LogP contribution in [0.4, 0.5) is 18.0 Å². The van der Waals surface area contributed by atoms with Crippen LogP contribution in [0.15, 0.2) is 30.6 Å². The fourth-order valence-electron chi connectivity index (χ4n) is 2.01. The van der Waals surface area contributed by atoms with Gasteiger partial charge in [-0.3, -0.25) is 0 Å². The predicted octanol–water partition coefficient (Wildman–Crippen LogP) is 2.64. The molecule has 0 amide bonds. The Labute approximate surface area is 147 Å². The third-order valence-electron chi connectivity index (χ3n) is 3.01. The molecule has 0 aromatic carbocycles. The molecule has 0 atom stereocenters. The number of aromatic nitrogens is 6. The third kappa shape index (κ3) is 3.74. The third-order valence-corrected chi connectivity index (χ3v) is 3.31. The number of halogens is 4. The van der Waals surface area contributed by atoms with Gasteiger partial charge < -0.3 is 9.84 Å². The molecule has 0 aliphatic rings. The number of nitrogens with zero attached hydrogens (tertiary/aromatic N) is 6. The van der Waals surface area contributed by atoms with E-state index in [2.05, 4.69) is 25.1 Å². The van der Waals surface area contributed by atoms with Crippen LogP contribution in [0.3, 0.4) is 0 Å². The Bertz CT molecular complexity index is 955. The van der Waals surface area contributed by atoms with E-state index in [0.29, 0.717) is 6.20 Å². The second-order valence-corrected chi connectivity index (χ2v) is 5.27. The lowest BCUT2D eigenvalue weighted by Crippen LogP contribution is -2.09. The number of ether oxygens (including phenoxy) is 1. The molecule has 0 radical (unpaired) electrons. The van der Waals surface area contributed by atoms with Crippen LogP contribution < -0.4 is 4.74 Å². The quantitative estimate of drug-likeness (QED) is 0.684. The smallest absolute Gasteiger partial charge is 0.449 e. The zero-order valence-electron chi connectivity index (χ0n) is 12.6. The van der Waals surface area contributed by atoms with Crippen molar-refractivity contribution in [2.24, 2.45) is 0 Å². The van der Waals surface area contributed by atoms with Crippen molar-refractivity contribution < 1.29 is 27.8 Å². The highest BCUT2D eigenvalue weighted by molar-refractivity contribution is 6.32. The summed E-state index contributed by atoms with van der Waals surface area (Å²) in [5.41, 5.74) is -1.01. The molecule has 0 bridgehead atoms. The van der Waals surface area contributed by atoms with Gasteiger partial charge in [0.1, 0.15) is 0 Å². The zero-order chi connectivity index (χ0) is 18.9. The maximum atomic E-state index is 12.6. The van der Waals surface area contributed by atoms with Gasteiger partial charge in [0, 0.05) is 12.3 Å². The summed E-state index contributed by atoms with van der Waals surface area (Å²) in [5.74, 6) is -0.143. The van der Waals surface area contributed by atoms with E-state index in [4.69, 9.17) is 16.7 Å². The van der Waals surface area contributed by atoms with Crippen LogP contribution in [-0.2, 0) is 12.7 Å². The first-order valence-electron chi connectivity index (χ1n) is 6.82. The topological polar surface area (TPSA) is 108 Å². The summed E-state index contributed by atoms with van der Waals surface area (Å²) < 4.78 is 44.3. The number of pyridine rings is 1. The van der Waals surface area contributed by atoms with Gasteiger partial charge in [-0.25, -0.2) is 14.5 Å². The van der Waals surface area contributed by atoms with Crippen LogP contribution >= 0.6 is 11.6 Å². The van der Waals surface area contributed by atoms with Crippen molar-refractivity contribution in [3.8, 4) is 11.7 Å². The van der Waals surface area contributed by atoms with Crippen LogP contribution in [0.25, 0.3) is 5.82 Å². The van der Waals surface area contributed by atoms with Crippen LogP contribution in [0.1, 0.15) is 11.4 Å². The van der Waals surface area contributed by atoms with Crippen LogP contribution in [0.2, 0.25) is 5.02 Å². The summed E-state index contributed by atoms with van der Waals surface area (Å²) in [6, 6.07) is 4.28. The average Bonchev–Trinajstić information content (AvgIpc) is 3.15. The van der Waals surface area contributed by atoms with Crippen molar-refractivity contribution in [3.63, 3.8) is 0 Å². The lowest BCUT2D eigenvalue weighted by atomic mass is 10.4. The minimum atomic E-state index is -4.63. The Balaban J connectivity index is 1.95. The van der Waals surface area contributed by atoms with Gasteiger partial charge in [0.15, 0.2) is 11.5 Å². The number of rotatable bonds is 4. The van der Waals surface area contributed by atoms with Gasteiger partial charge in [0.05, 0.1) is 23.5 Å². The van der Waals surface area contributed by atoms with Crippen molar-refractivity contribution in [2.45, 2.75) is 12.7 Å². The first kappa shape index (κ1) is 17.7. The van der Waals surface area contributed by atoms with E-state index in [0.717, 1.165) is 9.36 Å². The molecule has 3 aromatic rings. The van der Waals surface area contributed by atoms with Crippen LogP contribution in [-0.4, -0.2) is 41.0 Å². The molecule has 3 rings (SSSR count). The number of carbonyl (C=O) groups is 1. The lowest BCUT2D eigenvalue weighted by molar-refractivity contribution is -0.141. The van der Waals surface area contributed by atoms with E-state index in [9.17, 15) is 18.0 Å². The largest absolute Gasteiger partial charge is 0.512 e. The number of hydrogen-bond acceptors (Lipinski definition) is 6. The van der Waals surface area contributed by atoms with Crippen molar-refractivity contribution in [3.05, 3.63) is 47.0 Å². The predicted molar refractivity (Wildman–Crippen MR) is 79.1 cm³/mol. The van der Waals surface area contributed by atoms with Crippen LogP contribution in [0, 0.1) is 0 Å². The highest BCUT2D eigenvalue weighted by atomic mass is 35.5. The van der Waals surface area contributed by atoms with Gasteiger partial charge in [-0.1, -0.05) is 16.8 Å². The monoisotopic (exact) mass is 388 g/mol. The Morgan fingerprint density at radius 2 is 2.15 bits per heavy atom. The van der Waals surface area contributed by atoms with E-state index < -0.39 is 18.0 Å². The van der Waals surface area contributed by atoms with Gasteiger partial charge >= 0.3 is 12.3 Å². The Hall–Kier alpha value is -3.15. The van der Waals surface area contributed by atoms with E-state index in [-0.39, 0.29) is 29.0 Å². The molecule has 0 aliphatic heterocycles. The summed E-state index contributed by atoms with van der Waals surface area (Å²) in [4.78, 5) is 14.8. The van der Waals surface area contributed by atoms with Crippen molar-refractivity contribution >= 4 is 17.8 Å². The lowest BCUT2D eigenvalue weighted by Gasteiger charge is -2.05. The molecular weight excluding hydrogens is 381 g/mol. The normalized spacial score (nSPS) is 11.5. The summed E-state index contributed by atoms with van der Waals surface area (Å²) in [6.07, 6.45) is -4.13. The molecule has 1 N–H and O–H groups in total. The highest BCUT2D eigenvalue weighted by Crippen LogP contribution is 2.27. The van der Waals surface area contributed by atoms with Gasteiger partial charge in [0.25, 0.3) is 0 Å². The molecular formula is C13H8ClF3N6O3. The molecule has 3 aromatic heterocycles. The van der Waals surface area contributed by atoms with Gasteiger partial charge in [-0.15, -0.1) is 5.10 Å². The van der Waals surface area contributed by atoms with Gasteiger partial charge in [-0.2, -0.15) is 23.0 Å². The second kappa shape index (κ2) is 6.63. The Morgan fingerprint density at radius 1 is 1.38 bits per heavy atom. The number of hydrogen-bond donors (Lipinski definition) is 1. The summed E-state index contributed by atoms with van der Waals surface area (Å²) >= 11 is 6.01. The van der Waals surface area contributed by atoms with E-state index in [1.807, 2.05) is 0 Å². The fourth-order valence-corrected chi connectivity index (χ4v) is 2.21. The zero-order valence-corrected chi connectivity index (χ0v) is 13.3. The number of alkyl halides is 3. The summed E-state index contributed by atoms with van der Waals surface area (Å²) in [6.45, 7) is -0.212. The number of carboxylic acid groups (broad SMARTS) is 1. The van der Waals surface area contributed by atoms with E-state index >= 15 is 0 Å². The summed E-state index contributed by atoms with van der Waals surface area (Å²) in [7, 11) is 0. The van der Waals surface area contributed by atoms with Gasteiger partial charge in [0.2, 0.25) is 5.88 Å². The molecule has 0 spiro atoms. The first-order chi connectivity index (χ1) is 12.2. The molecule has 9 nitrogen and oxygen atoms in total. The fraction of sp³-hybridized carbons (Fsp3) is 0.154. The Kier molecular flexibility index (Phi) is 4.50. The van der Waals surface area contributed by atoms with E-state index in [1.54, 1.807) is 6.07 Å². The Morgan fingerprint density at radius 3 is 2.77 bits per heavy atom. The average molecular weight is 389 g/mol. The standard InChI is InChI=1S/C13H8ClF3N6O3/c14-8-2-1-3-18-11(8)23-10(26-12(24)25)4-7(20-23)5-22-6-9(19-21-22)13(15,16)17/h1-4,6H,5H2,(H,24,25). The summed E-state index contributed by atoms with van der Waals surface area (Å²) in [5, 5.41) is 19.5. The molecule has 136 valence electrons. The molecule has 0 fully saturated rings. The molecule has 26 heavy (non-hydrogen) atoms. The van der Waals surface area contributed by atoms with Crippen molar-refractivity contribution in [2.75, 3.05) is 0 Å². The molecule has 0 saturated carbocycles. The molecule has 0 unspecified atom stereocenters. The molecule has 0 saturated heterocycles. The minimum Gasteiger partial charge on any atom is -0.449 e. The second-order valence-electron chi connectivity index (χ2n) is 4.86. The molecule has 0 aliphatic carbocycles. The SMILES string of the molecule is O=C(O)Oc1cc(Cn2cc(C(F)(F)F)nn2)nn1-c1ncccc1Cl. The maximum absolute atomic E-state index is 12.6. The van der Waals surface area contributed by atoms with E-state index in [1.165, 1.54) is 18.3 Å². The maximum Gasteiger partial charge on any atom is 0.512 e. The molecule has 3 heterocycles.